The Labute approximate surface area is 106 Å². The van der Waals surface area contributed by atoms with Crippen LogP contribution in [0.15, 0.2) is 0 Å². The molecule has 17 heavy (non-hydrogen) atoms. The van der Waals surface area contributed by atoms with E-state index < -0.39 is 15.3 Å². The number of sulfonamides is 1. The van der Waals surface area contributed by atoms with Gasteiger partial charge in [0.2, 0.25) is 10.0 Å². The zero-order valence-electron chi connectivity index (χ0n) is 11.8. The Balaban J connectivity index is 2.64. The topological polar surface area (TPSA) is 58.2 Å². The average Bonchev–Trinajstić information content (AvgIpc) is 2.57. The smallest absolute Gasteiger partial charge is 0.215 e. The lowest BCUT2D eigenvalue weighted by Crippen LogP contribution is -2.41. The molecular formula is C12H26N2O2S. The van der Waals surface area contributed by atoms with Gasteiger partial charge in [0, 0.05) is 12.6 Å². The summed E-state index contributed by atoms with van der Waals surface area (Å²) in [6.07, 6.45) is 0. The van der Waals surface area contributed by atoms with Crippen LogP contribution in [0.25, 0.3) is 0 Å². The predicted molar refractivity (Wildman–Crippen MR) is 71.4 cm³/mol. The lowest BCUT2D eigenvalue weighted by Gasteiger charge is -2.15. The number of hydrogen-bond donors (Lipinski definition) is 2. The molecule has 0 bridgehead atoms. The number of hydrogen-bond acceptors (Lipinski definition) is 3. The van der Waals surface area contributed by atoms with Crippen LogP contribution in [0.3, 0.4) is 0 Å². The summed E-state index contributed by atoms with van der Waals surface area (Å²) in [5.41, 5.74) is 0.0793. The average molecular weight is 262 g/mol. The van der Waals surface area contributed by atoms with Crippen molar-refractivity contribution in [2.45, 2.75) is 52.8 Å². The van der Waals surface area contributed by atoms with Crippen LogP contribution in [0.5, 0.6) is 0 Å². The second kappa shape index (κ2) is 4.52. The summed E-state index contributed by atoms with van der Waals surface area (Å²) in [5, 5.41) is 2.68. The van der Waals surface area contributed by atoms with Crippen molar-refractivity contribution in [2.75, 3.05) is 13.1 Å². The highest BCUT2D eigenvalue weighted by molar-refractivity contribution is 7.90. The molecule has 0 aromatic carbocycles. The van der Waals surface area contributed by atoms with Crippen molar-refractivity contribution in [1.82, 2.24) is 10.0 Å². The Hall–Kier alpha value is -0.130. The molecule has 0 aromatic heterocycles. The molecule has 0 aromatic rings. The van der Waals surface area contributed by atoms with Crippen LogP contribution in [-0.2, 0) is 10.0 Å². The van der Waals surface area contributed by atoms with E-state index in [0.717, 1.165) is 6.54 Å². The third-order valence-corrected chi connectivity index (χ3v) is 6.30. The Bertz CT molecular complexity index is 360. The molecule has 1 aliphatic rings. The highest BCUT2D eigenvalue weighted by Crippen LogP contribution is 2.62. The molecular weight excluding hydrogens is 236 g/mol. The van der Waals surface area contributed by atoms with Crippen LogP contribution in [0, 0.1) is 10.8 Å². The highest BCUT2D eigenvalue weighted by atomic mass is 32.2. The Kier molecular flexibility index (Phi) is 3.97. The lowest BCUT2D eigenvalue weighted by molar-refractivity contribution is 0.457. The Morgan fingerprint density at radius 1 is 1.18 bits per heavy atom. The molecule has 4 nitrogen and oxygen atoms in total. The second-order valence-corrected chi connectivity index (χ2v) is 8.29. The number of nitrogens with one attached hydrogen (secondary N) is 2. The monoisotopic (exact) mass is 262 g/mol. The summed E-state index contributed by atoms with van der Waals surface area (Å²) in [6.45, 7) is 13.4. The molecule has 1 atom stereocenters. The van der Waals surface area contributed by atoms with E-state index in [4.69, 9.17) is 0 Å². The molecule has 1 fully saturated rings. The van der Waals surface area contributed by atoms with Crippen LogP contribution in [0.2, 0.25) is 0 Å². The Morgan fingerprint density at radius 2 is 1.65 bits per heavy atom. The van der Waals surface area contributed by atoms with Gasteiger partial charge < -0.3 is 5.32 Å². The molecule has 102 valence electrons. The van der Waals surface area contributed by atoms with E-state index in [1.54, 1.807) is 6.92 Å². The van der Waals surface area contributed by atoms with E-state index in [0.29, 0.717) is 6.54 Å². The van der Waals surface area contributed by atoms with Crippen molar-refractivity contribution < 1.29 is 8.42 Å². The molecule has 0 radical (unpaired) electrons. The van der Waals surface area contributed by atoms with E-state index >= 15 is 0 Å². The molecule has 1 aliphatic carbocycles. The van der Waals surface area contributed by atoms with E-state index in [-0.39, 0.29) is 16.9 Å². The molecule has 5 heteroatoms. The minimum atomic E-state index is -3.22. The Morgan fingerprint density at radius 3 is 2.00 bits per heavy atom. The third-order valence-electron chi connectivity index (χ3n) is 4.51. The zero-order valence-corrected chi connectivity index (χ0v) is 12.6. The molecule has 1 saturated carbocycles. The van der Waals surface area contributed by atoms with Crippen LogP contribution >= 0.6 is 0 Å². The van der Waals surface area contributed by atoms with Gasteiger partial charge in [0.05, 0.1) is 5.25 Å². The van der Waals surface area contributed by atoms with Crippen molar-refractivity contribution in [2.24, 2.45) is 10.8 Å². The third kappa shape index (κ3) is 2.66. The van der Waals surface area contributed by atoms with Crippen molar-refractivity contribution in [1.29, 1.82) is 0 Å². The van der Waals surface area contributed by atoms with E-state index in [9.17, 15) is 8.42 Å². The van der Waals surface area contributed by atoms with Crippen molar-refractivity contribution >= 4 is 10.0 Å². The van der Waals surface area contributed by atoms with E-state index in [1.165, 1.54) is 0 Å². The molecule has 0 spiro atoms. The molecule has 0 heterocycles. The van der Waals surface area contributed by atoms with Gasteiger partial charge in [-0.05, 0) is 24.3 Å². The van der Waals surface area contributed by atoms with Gasteiger partial charge in [-0.15, -0.1) is 0 Å². The molecule has 0 amide bonds. The number of rotatable bonds is 6. The molecule has 0 saturated heterocycles. The van der Waals surface area contributed by atoms with E-state index in [1.807, 2.05) is 6.92 Å². The first-order valence-electron chi connectivity index (χ1n) is 6.29. The standard InChI is InChI=1S/C12H26N2O2S/c1-7-13-8-9(2)17(15,16)14-10-11(3,4)12(10,5)6/h9-10,13-14H,7-8H2,1-6H3. The van der Waals surface area contributed by atoms with Gasteiger partial charge in [0.15, 0.2) is 0 Å². The fourth-order valence-corrected chi connectivity index (χ4v) is 3.72. The maximum Gasteiger partial charge on any atom is 0.215 e. The minimum absolute atomic E-state index is 0.0397. The summed E-state index contributed by atoms with van der Waals surface area (Å²) in [6, 6.07) is 0.0454. The van der Waals surface area contributed by atoms with Gasteiger partial charge in [-0.2, -0.15) is 0 Å². The van der Waals surface area contributed by atoms with Crippen LogP contribution in [0.4, 0.5) is 0 Å². The van der Waals surface area contributed by atoms with Gasteiger partial charge in [-0.1, -0.05) is 34.6 Å². The van der Waals surface area contributed by atoms with Crippen molar-refractivity contribution in [3.8, 4) is 0 Å². The largest absolute Gasteiger partial charge is 0.316 e. The predicted octanol–water partition coefficient (Wildman–Crippen LogP) is 1.34. The molecule has 1 unspecified atom stereocenters. The maximum atomic E-state index is 12.1. The van der Waals surface area contributed by atoms with E-state index in [2.05, 4.69) is 37.7 Å². The quantitative estimate of drug-likeness (QED) is 0.759. The fourth-order valence-electron chi connectivity index (χ4n) is 2.23. The zero-order chi connectivity index (χ0) is 13.5. The van der Waals surface area contributed by atoms with Crippen LogP contribution in [-0.4, -0.2) is 32.8 Å². The first kappa shape index (κ1) is 14.9. The lowest BCUT2D eigenvalue weighted by atomic mass is 10.0. The van der Waals surface area contributed by atoms with Gasteiger partial charge in [0.1, 0.15) is 0 Å². The van der Waals surface area contributed by atoms with Crippen LogP contribution in [0.1, 0.15) is 41.5 Å². The van der Waals surface area contributed by atoms with Crippen molar-refractivity contribution in [3.05, 3.63) is 0 Å². The first-order chi connectivity index (χ1) is 7.57. The molecule has 0 aliphatic heterocycles. The van der Waals surface area contributed by atoms with Gasteiger partial charge in [-0.25, -0.2) is 13.1 Å². The summed E-state index contributed by atoms with van der Waals surface area (Å²) in [5.74, 6) is 0. The first-order valence-corrected chi connectivity index (χ1v) is 7.84. The SMILES string of the molecule is CCNCC(C)S(=O)(=O)NC1C(C)(C)C1(C)C. The summed E-state index contributed by atoms with van der Waals surface area (Å²) >= 11 is 0. The summed E-state index contributed by atoms with van der Waals surface area (Å²) in [7, 11) is -3.22. The molecule has 1 rings (SSSR count). The summed E-state index contributed by atoms with van der Waals surface area (Å²) in [4.78, 5) is 0. The second-order valence-electron chi connectivity index (χ2n) is 6.16. The normalized spacial score (nSPS) is 24.6. The summed E-state index contributed by atoms with van der Waals surface area (Å²) < 4.78 is 27.1. The van der Waals surface area contributed by atoms with Crippen LogP contribution < -0.4 is 10.0 Å². The van der Waals surface area contributed by atoms with Gasteiger partial charge >= 0.3 is 0 Å². The molecule has 2 N–H and O–H groups in total. The van der Waals surface area contributed by atoms with Crippen molar-refractivity contribution in [3.63, 3.8) is 0 Å². The van der Waals surface area contributed by atoms with Gasteiger partial charge in [0.25, 0.3) is 0 Å². The highest BCUT2D eigenvalue weighted by Gasteiger charge is 2.66. The minimum Gasteiger partial charge on any atom is -0.316 e. The maximum absolute atomic E-state index is 12.1. The fraction of sp³-hybridized carbons (Fsp3) is 1.00. The van der Waals surface area contributed by atoms with Gasteiger partial charge in [-0.3, -0.25) is 0 Å².